The lowest BCUT2D eigenvalue weighted by Crippen LogP contribution is -2.33. The Bertz CT molecular complexity index is 727. The molecule has 0 spiro atoms. The minimum atomic E-state index is -0.846. The van der Waals surface area contributed by atoms with Gasteiger partial charge in [0.2, 0.25) is 5.91 Å². The number of halogens is 1. The zero-order valence-corrected chi connectivity index (χ0v) is 14.4. The zero-order chi connectivity index (χ0) is 18.6. The third kappa shape index (κ3) is 5.11. The molecule has 1 aliphatic heterocycles. The highest BCUT2D eigenvalue weighted by Gasteiger charge is 2.32. The Labute approximate surface area is 148 Å². The third-order valence-corrected chi connectivity index (χ3v) is 3.40. The van der Waals surface area contributed by atoms with Gasteiger partial charge in [-0.15, -0.1) is 0 Å². The summed E-state index contributed by atoms with van der Waals surface area (Å²) >= 11 is 4.90. The first kappa shape index (κ1) is 18.6. The van der Waals surface area contributed by atoms with Crippen molar-refractivity contribution in [3.05, 3.63) is 24.0 Å². The largest absolute Gasteiger partial charge is 0.442 e. The number of carbonyl (C=O) groups is 3. The van der Waals surface area contributed by atoms with Crippen molar-refractivity contribution in [3.63, 3.8) is 0 Å². The number of cyclic esters (lactones) is 1. The SMILES string of the molecule is CC(=O)NC(=O)Nc1ccc(N2C[C@H](CNC(C)=S)OC2=O)cc1F. The summed E-state index contributed by atoms with van der Waals surface area (Å²) in [7, 11) is 0. The number of urea groups is 1. The highest BCUT2D eigenvalue weighted by atomic mass is 32.1. The van der Waals surface area contributed by atoms with Crippen LogP contribution < -0.4 is 20.9 Å². The van der Waals surface area contributed by atoms with Crippen LogP contribution in [0.25, 0.3) is 0 Å². The number of rotatable bonds is 4. The number of benzene rings is 1. The Morgan fingerprint density at radius 1 is 1.40 bits per heavy atom. The lowest BCUT2D eigenvalue weighted by molar-refractivity contribution is -0.117. The van der Waals surface area contributed by atoms with Gasteiger partial charge in [0.05, 0.1) is 29.5 Å². The van der Waals surface area contributed by atoms with E-state index in [0.29, 0.717) is 17.2 Å². The summed E-state index contributed by atoms with van der Waals surface area (Å²) in [4.78, 5) is 36.0. The fourth-order valence-electron chi connectivity index (χ4n) is 2.18. The number of amides is 4. The maximum Gasteiger partial charge on any atom is 0.414 e. The summed E-state index contributed by atoms with van der Waals surface area (Å²) in [6.45, 7) is 3.48. The number of hydrogen-bond donors (Lipinski definition) is 3. The molecule has 0 aliphatic carbocycles. The summed E-state index contributed by atoms with van der Waals surface area (Å²) < 4.78 is 19.3. The molecule has 1 aromatic rings. The minimum absolute atomic E-state index is 0.121. The summed E-state index contributed by atoms with van der Waals surface area (Å²) in [5.41, 5.74) is 0.172. The van der Waals surface area contributed by atoms with Gasteiger partial charge in [-0.05, 0) is 25.1 Å². The van der Waals surface area contributed by atoms with Gasteiger partial charge in [-0.1, -0.05) is 12.2 Å². The second-order valence-electron chi connectivity index (χ2n) is 5.35. The normalized spacial score (nSPS) is 16.2. The van der Waals surface area contributed by atoms with E-state index in [1.807, 2.05) is 5.32 Å². The predicted octanol–water partition coefficient (Wildman–Crippen LogP) is 1.76. The van der Waals surface area contributed by atoms with Crippen molar-refractivity contribution in [3.8, 4) is 0 Å². The zero-order valence-electron chi connectivity index (χ0n) is 13.6. The molecule has 4 amide bonds. The van der Waals surface area contributed by atoms with Crippen LogP contribution in [0.4, 0.5) is 25.4 Å². The standard InChI is InChI=1S/C15H17FN4O4S/c1-8(21)18-14(22)19-13-4-3-10(5-12(13)16)20-7-11(24-15(20)23)6-17-9(2)25/h3-5,11H,6-7H2,1-2H3,(H,17,25)(H2,18,19,21,22)/t11-/m0/s1. The quantitative estimate of drug-likeness (QED) is 0.701. The molecule has 134 valence electrons. The van der Waals surface area contributed by atoms with E-state index in [0.717, 1.165) is 13.0 Å². The Morgan fingerprint density at radius 3 is 2.72 bits per heavy atom. The van der Waals surface area contributed by atoms with Crippen LogP contribution in [0.1, 0.15) is 13.8 Å². The number of nitrogens with one attached hydrogen (secondary N) is 3. The fourth-order valence-corrected chi connectivity index (χ4v) is 2.27. The molecule has 0 radical (unpaired) electrons. The van der Waals surface area contributed by atoms with E-state index in [2.05, 4.69) is 10.6 Å². The number of nitrogens with zero attached hydrogens (tertiary/aromatic N) is 1. The minimum Gasteiger partial charge on any atom is -0.442 e. The Balaban J connectivity index is 2.04. The Morgan fingerprint density at radius 2 is 2.12 bits per heavy atom. The molecule has 1 saturated heterocycles. The summed E-state index contributed by atoms with van der Waals surface area (Å²) in [6, 6.07) is 3.02. The fraction of sp³-hybridized carbons (Fsp3) is 0.333. The second kappa shape index (κ2) is 7.88. The van der Waals surface area contributed by atoms with Gasteiger partial charge in [0.25, 0.3) is 0 Å². The average molecular weight is 368 g/mol. The monoisotopic (exact) mass is 368 g/mol. The first-order valence-electron chi connectivity index (χ1n) is 7.37. The molecule has 0 bridgehead atoms. The lowest BCUT2D eigenvalue weighted by Gasteiger charge is -2.15. The van der Waals surface area contributed by atoms with Gasteiger partial charge >= 0.3 is 12.1 Å². The topological polar surface area (TPSA) is 99.8 Å². The van der Waals surface area contributed by atoms with Crippen molar-refractivity contribution < 1.29 is 23.5 Å². The van der Waals surface area contributed by atoms with Crippen molar-refractivity contribution in [1.82, 2.24) is 10.6 Å². The van der Waals surface area contributed by atoms with Crippen LogP contribution in [0.15, 0.2) is 18.2 Å². The van der Waals surface area contributed by atoms with Gasteiger partial charge in [-0.25, -0.2) is 14.0 Å². The molecule has 1 aliphatic rings. The molecule has 8 nitrogen and oxygen atoms in total. The van der Waals surface area contributed by atoms with Gasteiger partial charge < -0.3 is 15.4 Å². The first-order valence-corrected chi connectivity index (χ1v) is 7.78. The molecule has 2 rings (SSSR count). The van der Waals surface area contributed by atoms with E-state index in [1.165, 1.54) is 17.0 Å². The predicted molar refractivity (Wildman–Crippen MR) is 93.1 cm³/mol. The maximum atomic E-state index is 14.1. The van der Waals surface area contributed by atoms with Crippen molar-refractivity contribution >= 4 is 46.6 Å². The van der Waals surface area contributed by atoms with Gasteiger partial charge in [0.15, 0.2) is 0 Å². The van der Waals surface area contributed by atoms with Crippen LogP contribution in [0.3, 0.4) is 0 Å². The molecule has 1 fully saturated rings. The molecular weight excluding hydrogens is 351 g/mol. The molecule has 1 aromatic carbocycles. The third-order valence-electron chi connectivity index (χ3n) is 3.25. The van der Waals surface area contributed by atoms with Gasteiger partial charge in [0, 0.05) is 6.92 Å². The van der Waals surface area contributed by atoms with Crippen molar-refractivity contribution in [2.24, 2.45) is 0 Å². The van der Waals surface area contributed by atoms with E-state index in [9.17, 15) is 18.8 Å². The molecule has 3 N–H and O–H groups in total. The number of carbonyl (C=O) groups excluding carboxylic acids is 3. The van der Waals surface area contributed by atoms with Gasteiger partial charge in [-0.2, -0.15) is 0 Å². The number of imide groups is 1. The average Bonchev–Trinajstić information content (AvgIpc) is 2.87. The summed E-state index contributed by atoms with van der Waals surface area (Å²) in [5, 5.41) is 7.08. The summed E-state index contributed by atoms with van der Waals surface area (Å²) in [6.07, 6.45) is -1.00. The number of ether oxygens (including phenoxy) is 1. The molecule has 0 aromatic heterocycles. The van der Waals surface area contributed by atoms with Gasteiger partial charge in [-0.3, -0.25) is 15.0 Å². The molecule has 1 heterocycles. The maximum absolute atomic E-state index is 14.1. The number of thiocarbonyl (C=S) groups is 1. The Hall–Kier alpha value is -2.75. The van der Waals surface area contributed by atoms with E-state index < -0.39 is 30.0 Å². The lowest BCUT2D eigenvalue weighted by atomic mass is 10.2. The number of anilines is 2. The molecule has 10 heteroatoms. The molecule has 25 heavy (non-hydrogen) atoms. The van der Waals surface area contributed by atoms with Crippen LogP contribution >= 0.6 is 12.2 Å². The van der Waals surface area contributed by atoms with Crippen LogP contribution in [0.2, 0.25) is 0 Å². The van der Waals surface area contributed by atoms with Crippen molar-refractivity contribution in [2.45, 2.75) is 20.0 Å². The van der Waals surface area contributed by atoms with Gasteiger partial charge in [0.1, 0.15) is 11.9 Å². The summed E-state index contributed by atoms with van der Waals surface area (Å²) in [5.74, 6) is -1.32. The van der Waals surface area contributed by atoms with Crippen LogP contribution in [0, 0.1) is 5.82 Å². The first-order chi connectivity index (χ1) is 11.8. The molecular formula is C15H17FN4O4S. The molecule has 0 saturated carbocycles. The molecule has 0 unspecified atom stereocenters. The smallest absolute Gasteiger partial charge is 0.414 e. The number of hydrogen-bond acceptors (Lipinski definition) is 5. The van der Waals surface area contributed by atoms with Crippen LogP contribution in [-0.4, -0.2) is 42.2 Å². The highest BCUT2D eigenvalue weighted by Crippen LogP contribution is 2.25. The van der Waals surface area contributed by atoms with Crippen LogP contribution in [-0.2, 0) is 9.53 Å². The molecule has 1 atom stereocenters. The van der Waals surface area contributed by atoms with E-state index in [-0.39, 0.29) is 12.2 Å². The van der Waals surface area contributed by atoms with Crippen molar-refractivity contribution in [2.75, 3.05) is 23.3 Å². The van der Waals surface area contributed by atoms with E-state index >= 15 is 0 Å². The van der Waals surface area contributed by atoms with Crippen molar-refractivity contribution in [1.29, 1.82) is 0 Å². The van der Waals surface area contributed by atoms with Crippen LogP contribution in [0.5, 0.6) is 0 Å². The van der Waals surface area contributed by atoms with E-state index in [4.69, 9.17) is 17.0 Å². The Kier molecular flexibility index (Phi) is 5.86. The second-order valence-corrected chi connectivity index (χ2v) is 5.97. The van der Waals surface area contributed by atoms with E-state index in [1.54, 1.807) is 6.92 Å². The highest BCUT2D eigenvalue weighted by molar-refractivity contribution is 7.80.